The number of anilines is 1. The van der Waals surface area contributed by atoms with Crippen molar-refractivity contribution in [2.45, 2.75) is 19.8 Å². The van der Waals surface area contributed by atoms with Crippen molar-refractivity contribution < 1.29 is 4.79 Å². The quantitative estimate of drug-likeness (QED) is 0.916. The number of amides is 1. The molecule has 0 saturated carbocycles. The average Bonchev–Trinajstić information content (AvgIpc) is 2.89. The second-order valence-electron chi connectivity index (χ2n) is 4.06. The lowest BCUT2D eigenvalue weighted by molar-refractivity contribution is 0.102. The number of aromatic nitrogens is 2. The van der Waals surface area contributed by atoms with E-state index in [1.54, 1.807) is 18.2 Å². The normalized spacial score (nSPS) is 10.1. The fraction of sp³-hybridized carbons (Fsp3) is 0.231. The van der Waals surface area contributed by atoms with E-state index in [0.29, 0.717) is 20.6 Å². The average molecular weight is 351 g/mol. The van der Waals surface area contributed by atoms with Gasteiger partial charge >= 0.3 is 0 Å². The molecule has 5 nitrogen and oxygen atoms in total. The molecule has 1 amide bonds. The third-order valence-corrected chi connectivity index (χ3v) is 4.02. The molecule has 0 aliphatic rings. The number of nitrogens with zero attached hydrogens (tertiary/aromatic N) is 3. The lowest BCUT2D eigenvalue weighted by atomic mass is 10.2. The molecule has 1 heterocycles. The number of carbonyl (C=O) groups excluding carboxylic acids is 1. The highest BCUT2D eigenvalue weighted by Crippen LogP contribution is 2.25. The summed E-state index contributed by atoms with van der Waals surface area (Å²) in [6, 6.07) is 7.04. The van der Waals surface area contributed by atoms with Gasteiger partial charge in [0.05, 0.1) is 23.0 Å². The Kier molecular flexibility index (Phi) is 4.82. The van der Waals surface area contributed by atoms with E-state index >= 15 is 0 Å². The molecule has 2 rings (SSSR count). The Bertz CT molecular complexity index is 677. The summed E-state index contributed by atoms with van der Waals surface area (Å²) in [6.45, 7) is 2.03. The van der Waals surface area contributed by atoms with Crippen LogP contribution in [0.15, 0.2) is 22.7 Å². The van der Waals surface area contributed by atoms with Gasteiger partial charge in [-0.1, -0.05) is 17.8 Å². The second kappa shape index (κ2) is 6.59. The van der Waals surface area contributed by atoms with Gasteiger partial charge in [-0.15, -0.1) is 5.10 Å². The number of rotatable bonds is 4. The molecule has 0 fully saturated rings. The van der Waals surface area contributed by atoms with Gasteiger partial charge in [0.25, 0.3) is 5.91 Å². The monoisotopic (exact) mass is 350 g/mol. The standard InChI is InChI=1S/C13H11BrN4OS/c1-2-3-11-12(20-18-17-11)13(19)16-10-5-4-8(7-15)6-9(10)14/h4-6H,2-3H2,1H3,(H,16,19). The minimum absolute atomic E-state index is 0.228. The fourth-order valence-electron chi connectivity index (χ4n) is 1.65. The van der Waals surface area contributed by atoms with Gasteiger partial charge in [-0.25, -0.2) is 0 Å². The number of halogens is 1. The van der Waals surface area contributed by atoms with E-state index in [0.717, 1.165) is 30.1 Å². The van der Waals surface area contributed by atoms with Gasteiger partial charge in [0, 0.05) is 4.47 Å². The predicted molar refractivity (Wildman–Crippen MR) is 80.7 cm³/mol. The van der Waals surface area contributed by atoms with Crippen molar-refractivity contribution in [3.05, 3.63) is 38.8 Å². The highest BCUT2D eigenvalue weighted by atomic mass is 79.9. The van der Waals surface area contributed by atoms with Crippen LogP contribution in [0.3, 0.4) is 0 Å². The minimum atomic E-state index is -0.228. The summed E-state index contributed by atoms with van der Waals surface area (Å²) in [7, 11) is 0. The Morgan fingerprint density at radius 1 is 1.55 bits per heavy atom. The number of aryl methyl sites for hydroxylation is 1. The van der Waals surface area contributed by atoms with Crippen LogP contribution in [-0.4, -0.2) is 15.5 Å². The number of benzene rings is 1. The van der Waals surface area contributed by atoms with Crippen LogP contribution in [0.4, 0.5) is 5.69 Å². The van der Waals surface area contributed by atoms with Crippen molar-refractivity contribution >= 4 is 39.1 Å². The molecule has 1 N–H and O–H groups in total. The zero-order valence-corrected chi connectivity index (χ0v) is 13.1. The first kappa shape index (κ1) is 14.6. The third-order valence-electron chi connectivity index (χ3n) is 2.60. The molecule has 0 radical (unpaired) electrons. The topological polar surface area (TPSA) is 78.7 Å². The smallest absolute Gasteiger partial charge is 0.269 e. The Morgan fingerprint density at radius 3 is 3.00 bits per heavy atom. The van der Waals surface area contributed by atoms with E-state index in [1.807, 2.05) is 13.0 Å². The van der Waals surface area contributed by atoms with Gasteiger partial charge in [-0.2, -0.15) is 5.26 Å². The maximum atomic E-state index is 12.2. The van der Waals surface area contributed by atoms with Crippen molar-refractivity contribution in [1.29, 1.82) is 5.26 Å². The first-order valence-corrected chi connectivity index (χ1v) is 7.54. The summed E-state index contributed by atoms with van der Waals surface area (Å²) in [5, 5.41) is 15.6. The highest BCUT2D eigenvalue weighted by Gasteiger charge is 2.16. The lowest BCUT2D eigenvalue weighted by Crippen LogP contribution is -2.13. The predicted octanol–water partition coefficient (Wildman–Crippen LogP) is 3.38. The Hall–Kier alpha value is -1.78. The molecule has 0 saturated heterocycles. The first-order valence-electron chi connectivity index (χ1n) is 5.98. The molecule has 0 atom stereocenters. The molecular weight excluding hydrogens is 340 g/mol. The molecule has 102 valence electrons. The Labute approximate surface area is 128 Å². The molecule has 1 aromatic heterocycles. The van der Waals surface area contributed by atoms with Crippen LogP contribution in [0.1, 0.15) is 34.3 Å². The highest BCUT2D eigenvalue weighted by molar-refractivity contribution is 9.10. The first-order chi connectivity index (χ1) is 9.65. The van der Waals surface area contributed by atoms with Crippen LogP contribution in [0.25, 0.3) is 0 Å². The minimum Gasteiger partial charge on any atom is -0.320 e. The number of carbonyl (C=O) groups is 1. The van der Waals surface area contributed by atoms with E-state index in [1.165, 1.54) is 0 Å². The van der Waals surface area contributed by atoms with Gasteiger partial charge in [-0.3, -0.25) is 4.79 Å². The number of nitrogens with one attached hydrogen (secondary N) is 1. The van der Waals surface area contributed by atoms with Crippen molar-refractivity contribution in [2.75, 3.05) is 5.32 Å². The Balaban J connectivity index is 2.19. The van der Waals surface area contributed by atoms with Crippen LogP contribution < -0.4 is 5.32 Å². The van der Waals surface area contributed by atoms with E-state index in [4.69, 9.17) is 5.26 Å². The molecule has 0 aliphatic heterocycles. The van der Waals surface area contributed by atoms with E-state index in [9.17, 15) is 4.79 Å². The van der Waals surface area contributed by atoms with Crippen LogP contribution in [-0.2, 0) is 6.42 Å². The van der Waals surface area contributed by atoms with Crippen LogP contribution in [0.2, 0.25) is 0 Å². The summed E-state index contributed by atoms with van der Waals surface area (Å²) < 4.78 is 4.50. The van der Waals surface area contributed by atoms with E-state index in [2.05, 4.69) is 30.8 Å². The molecule has 2 aromatic rings. The summed E-state index contributed by atoms with van der Waals surface area (Å²) in [6.07, 6.45) is 1.64. The molecule has 0 bridgehead atoms. The summed E-state index contributed by atoms with van der Waals surface area (Å²) >= 11 is 4.42. The molecule has 20 heavy (non-hydrogen) atoms. The maximum Gasteiger partial charge on any atom is 0.269 e. The second-order valence-corrected chi connectivity index (χ2v) is 5.67. The zero-order chi connectivity index (χ0) is 14.5. The molecule has 7 heteroatoms. The number of hydrogen-bond donors (Lipinski definition) is 1. The van der Waals surface area contributed by atoms with E-state index in [-0.39, 0.29) is 5.91 Å². The van der Waals surface area contributed by atoms with Gasteiger partial charge < -0.3 is 5.32 Å². The summed E-state index contributed by atoms with van der Waals surface area (Å²) in [5.41, 5.74) is 1.87. The van der Waals surface area contributed by atoms with Crippen molar-refractivity contribution in [2.24, 2.45) is 0 Å². The van der Waals surface area contributed by atoms with Crippen LogP contribution in [0, 0.1) is 11.3 Å². The summed E-state index contributed by atoms with van der Waals surface area (Å²) in [5.74, 6) is -0.228. The SMILES string of the molecule is CCCc1nnsc1C(=O)Nc1ccc(C#N)cc1Br. The van der Waals surface area contributed by atoms with Gasteiger partial charge in [0.2, 0.25) is 0 Å². The zero-order valence-electron chi connectivity index (χ0n) is 10.7. The maximum absolute atomic E-state index is 12.2. The molecule has 1 aromatic carbocycles. The fourth-order valence-corrected chi connectivity index (χ4v) is 2.73. The molecular formula is C13H11BrN4OS. The molecule has 0 unspecified atom stereocenters. The van der Waals surface area contributed by atoms with Crippen molar-refractivity contribution in [3.8, 4) is 6.07 Å². The van der Waals surface area contributed by atoms with Gasteiger partial charge in [0.1, 0.15) is 4.88 Å². The largest absolute Gasteiger partial charge is 0.320 e. The Morgan fingerprint density at radius 2 is 2.35 bits per heavy atom. The lowest BCUT2D eigenvalue weighted by Gasteiger charge is -2.06. The van der Waals surface area contributed by atoms with Crippen molar-refractivity contribution in [3.63, 3.8) is 0 Å². The number of nitriles is 1. The van der Waals surface area contributed by atoms with Crippen molar-refractivity contribution in [1.82, 2.24) is 9.59 Å². The summed E-state index contributed by atoms with van der Waals surface area (Å²) in [4.78, 5) is 12.7. The van der Waals surface area contributed by atoms with Gasteiger partial charge in [-0.05, 0) is 52.1 Å². The number of hydrogen-bond acceptors (Lipinski definition) is 5. The van der Waals surface area contributed by atoms with Crippen LogP contribution in [0.5, 0.6) is 0 Å². The van der Waals surface area contributed by atoms with E-state index < -0.39 is 0 Å². The third kappa shape index (κ3) is 3.21. The van der Waals surface area contributed by atoms with Gasteiger partial charge in [0.15, 0.2) is 0 Å². The van der Waals surface area contributed by atoms with Crippen LogP contribution >= 0.6 is 27.5 Å². The molecule has 0 aliphatic carbocycles. The molecule has 0 spiro atoms.